The lowest BCUT2D eigenvalue weighted by atomic mass is 9.49. The number of rotatable bonds is 15. The van der Waals surface area contributed by atoms with Gasteiger partial charge in [0.2, 0.25) is 0 Å². The van der Waals surface area contributed by atoms with Crippen LogP contribution in [0, 0.1) is 29.0 Å². The Morgan fingerprint density at radius 2 is 1.32 bits per heavy atom. The Balaban J connectivity index is 1.53. The normalized spacial score (nSPS) is 27.2. The molecule has 2 fully saturated rings. The molecular formula is C48H63FN2O5. The minimum atomic E-state index is -1.26. The molecule has 4 aromatic rings. The van der Waals surface area contributed by atoms with Crippen LogP contribution in [0.3, 0.4) is 0 Å². The number of halogens is 1. The van der Waals surface area contributed by atoms with Gasteiger partial charge in [-0.2, -0.15) is 0 Å². The van der Waals surface area contributed by atoms with Crippen molar-refractivity contribution in [2.75, 3.05) is 56.1 Å². The predicted octanol–water partition coefficient (Wildman–Crippen LogP) is 8.19. The Kier molecular flexibility index (Phi) is 13.2. The number of hydrogen-bond donors (Lipinski definition) is 2. The Morgan fingerprint density at radius 3 is 1.93 bits per heavy atom. The van der Waals surface area contributed by atoms with E-state index in [0.29, 0.717) is 31.6 Å². The van der Waals surface area contributed by atoms with Crippen molar-refractivity contribution in [1.82, 2.24) is 9.80 Å². The molecule has 7 atom stereocenters. The minimum Gasteiger partial charge on any atom is -0.497 e. The van der Waals surface area contributed by atoms with Crippen LogP contribution in [0.15, 0.2) is 97.1 Å². The van der Waals surface area contributed by atoms with Gasteiger partial charge in [-0.15, -0.1) is 0 Å². The van der Waals surface area contributed by atoms with E-state index in [1.807, 2.05) is 54.6 Å². The minimum absolute atomic E-state index is 0.243. The highest BCUT2D eigenvalue weighted by atomic mass is 19.1. The zero-order chi connectivity index (χ0) is 40.1. The van der Waals surface area contributed by atoms with Crippen molar-refractivity contribution in [2.45, 2.75) is 75.0 Å². The predicted molar refractivity (Wildman–Crippen MR) is 222 cm³/mol. The van der Waals surface area contributed by atoms with Crippen LogP contribution in [0.1, 0.15) is 60.8 Å². The molecule has 0 radical (unpaired) electrons. The maximum atomic E-state index is 14.9. The van der Waals surface area contributed by atoms with Crippen molar-refractivity contribution in [3.8, 4) is 17.2 Å². The van der Waals surface area contributed by atoms with E-state index in [4.69, 9.17) is 14.2 Å². The van der Waals surface area contributed by atoms with Gasteiger partial charge >= 0.3 is 0 Å². The van der Waals surface area contributed by atoms with Crippen molar-refractivity contribution >= 4 is 0 Å². The maximum Gasteiger partial charge on any atom is 0.124 e. The maximum absolute atomic E-state index is 14.9. The highest BCUT2D eigenvalue weighted by Crippen LogP contribution is 2.59. The Labute approximate surface area is 334 Å². The summed E-state index contributed by atoms with van der Waals surface area (Å²) < 4.78 is 32.1. The summed E-state index contributed by atoms with van der Waals surface area (Å²) in [6, 6.07) is 30.9. The Hall–Kier alpha value is -3.95. The number of nitrogens with zero attached hydrogens (tertiary/aromatic N) is 2. The third-order valence-electron chi connectivity index (χ3n) is 13.1. The molecule has 0 saturated heterocycles. The van der Waals surface area contributed by atoms with Gasteiger partial charge < -0.3 is 34.2 Å². The number of benzene rings is 4. The quantitative estimate of drug-likeness (QED) is 0.127. The van der Waals surface area contributed by atoms with Crippen molar-refractivity contribution in [3.05, 3.63) is 125 Å². The van der Waals surface area contributed by atoms with Gasteiger partial charge in [0, 0.05) is 35.9 Å². The number of hydrogen-bond acceptors (Lipinski definition) is 7. The molecule has 56 heavy (non-hydrogen) atoms. The SMILES string of the molecule is COc1cccc(CC2CCC(O)(c3ccccc3OC)C(C(N(C)C)C3(CN(C)C)CC(Cc4cccc(OC)c4)CCC3(O)Cc3cccc(F)c3)C2)c1. The first kappa shape index (κ1) is 41.7. The van der Waals surface area contributed by atoms with Gasteiger partial charge in [0.15, 0.2) is 0 Å². The molecule has 7 unspecified atom stereocenters. The summed E-state index contributed by atoms with van der Waals surface area (Å²) in [4.78, 5) is 4.49. The van der Waals surface area contributed by atoms with Crippen molar-refractivity contribution in [2.24, 2.45) is 23.2 Å². The van der Waals surface area contributed by atoms with Crippen LogP contribution in [-0.4, -0.2) is 87.7 Å². The molecule has 0 aromatic heterocycles. The van der Waals surface area contributed by atoms with E-state index in [2.05, 4.69) is 62.3 Å². The lowest BCUT2D eigenvalue weighted by molar-refractivity contribution is -0.205. The second kappa shape index (κ2) is 17.7. The number of ether oxygens (including phenoxy) is 3. The van der Waals surface area contributed by atoms with Crippen LogP contribution in [0.5, 0.6) is 17.2 Å². The summed E-state index contributed by atoms with van der Waals surface area (Å²) in [6.45, 7) is 0.579. The average Bonchev–Trinajstić information content (AvgIpc) is 3.17. The summed E-state index contributed by atoms with van der Waals surface area (Å²) >= 11 is 0. The van der Waals surface area contributed by atoms with Gasteiger partial charge in [0.1, 0.15) is 23.1 Å². The van der Waals surface area contributed by atoms with Crippen LogP contribution < -0.4 is 14.2 Å². The zero-order valence-corrected chi connectivity index (χ0v) is 34.5. The molecule has 0 amide bonds. The van der Waals surface area contributed by atoms with Crippen LogP contribution in [-0.2, 0) is 24.9 Å². The second-order valence-electron chi connectivity index (χ2n) is 17.2. The summed E-state index contributed by atoms with van der Waals surface area (Å²) in [5.74, 6) is 2.24. The first-order chi connectivity index (χ1) is 26.8. The van der Waals surface area contributed by atoms with Crippen molar-refractivity contribution < 1.29 is 28.8 Å². The van der Waals surface area contributed by atoms with E-state index in [1.165, 1.54) is 17.2 Å². The molecule has 2 aliphatic rings. The molecule has 4 aromatic carbocycles. The summed E-state index contributed by atoms with van der Waals surface area (Å²) in [5, 5.41) is 27.2. The van der Waals surface area contributed by atoms with E-state index >= 15 is 0 Å². The van der Waals surface area contributed by atoms with Crippen LogP contribution in [0.25, 0.3) is 0 Å². The number of para-hydroxylation sites is 1. The molecule has 6 rings (SSSR count). The zero-order valence-electron chi connectivity index (χ0n) is 34.5. The molecule has 7 nitrogen and oxygen atoms in total. The third-order valence-corrected chi connectivity index (χ3v) is 13.1. The first-order valence-corrected chi connectivity index (χ1v) is 20.2. The second-order valence-corrected chi connectivity index (χ2v) is 17.2. The monoisotopic (exact) mass is 766 g/mol. The van der Waals surface area contributed by atoms with Gasteiger partial charge in [-0.05, 0) is 151 Å². The van der Waals surface area contributed by atoms with Crippen LogP contribution in [0.4, 0.5) is 4.39 Å². The third kappa shape index (κ3) is 8.79. The standard InChI is InChI=1S/C48H63FN2O5/c1-50(2)33-46(31-38(26-35-14-12-18-41(29-35)55-6)21-23-47(46,52)32-37-15-10-16-39(49)27-37)45(51(3)4)43-30-36(25-34-13-11-17-40(28-34)54-5)22-24-48(43,53)42-19-8-9-20-44(42)56-7/h8-20,27-29,36,38,43,45,52-53H,21-26,30-33H2,1-7H3. The van der Waals surface area contributed by atoms with E-state index < -0.39 is 16.6 Å². The van der Waals surface area contributed by atoms with Gasteiger partial charge in [-0.3, -0.25) is 0 Å². The van der Waals surface area contributed by atoms with E-state index in [0.717, 1.165) is 61.2 Å². The Morgan fingerprint density at radius 1 is 0.714 bits per heavy atom. The van der Waals surface area contributed by atoms with Gasteiger partial charge in [-0.1, -0.05) is 54.6 Å². The van der Waals surface area contributed by atoms with E-state index in [1.54, 1.807) is 33.5 Å². The van der Waals surface area contributed by atoms with Crippen LogP contribution >= 0.6 is 0 Å². The van der Waals surface area contributed by atoms with Crippen LogP contribution in [0.2, 0.25) is 0 Å². The fourth-order valence-electron chi connectivity index (χ4n) is 10.9. The molecule has 2 aliphatic carbocycles. The van der Waals surface area contributed by atoms with Gasteiger partial charge in [-0.25, -0.2) is 4.39 Å². The molecule has 2 saturated carbocycles. The van der Waals surface area contributed by atoms with Gasteiger partial charge in [0.25, 0.3) is 0 Å². The summed E-state index contributed by atoms with van der Waals surface area (Å²) in [7, 11) is 13.5. The lowest BCUT2D eigenvalue weighted by Gasteiger charge is -2.63. The molecule has 8 heteroatoms. The highest BCUT2D eigenvalue weighted by Gasteiger charge is 2.63. The Bertz CT molecular complexity index is 1900. The molecule has 302 valence electrons. The molecule has 2 N–H and O–H groups in total. The van der Waals surface area contributed by atoms with Gasteiger partial charge in [0.05, 0.1) is 32.5 Å². The summed E-state index contributed by atoms with van der Waals surface area (Å²) in [5.41, 5.74) is 0.727. The van der Waals surface area contributed by atoms with Crippen molar-refractivity contribution in [1.29, 1.82) is 0 Å². The first-order valence-electron chi connectivity index (χ1n) is 20.2. The fourth-order valence-corrected chi connectivity index (χ4v) is 10.9. The molecular weight excluding hydrogens is 704 g/mol. The van der Waals surface area contributed by atoms with Crippen molar-refractivity contribution in [3.63, 3.8) is 0 Å². The molecule has 0 aliphatic heterocycles. The fraction of sp³-hybridized carbons (Fsp3) is 0.500. The largest absolute Gasteiger partial charge is 0.497 e. The lowest BCUT2D eigenvalue weighted by Crippen LogP contribution is -2.70. The molecule has 0 spiro atoms. The smallest absolute Gasteiger partial charge is 0.124 e. The average molecular weight is 767 g/mol. The molecule has 0 heterocycles. The number of methoxy groups -OCH3 is 3. The molecule has 0 bridgehead atoms. The number of aliphatic hydroxyl groups is 2. The summed E-state index contributed by atoms with van der Waals surface area (Å²) in [6.07, 6.45) is 6.19. The highest BCUT2D eigenvalue weighted by molar-refractivity contribution is 5.40. The topological polar surface area (TPSA) is 74.6 Å². The van der Waals surface area contributed by atoms with E-state index in [9.17, 15) is 14.6 Å². The van der Waals surface area contributed by atoms with E-state index in [-0.39, 0.29) is 29.6 Å².